The third kappa shape index (κ3) is 5.12. The molecule has 116 valence electrons. The van der Waals surface area contributed by atoms with E-state index in [9.17, 15) is 0 Å². The molecule has 0 aliphatic rings. The van der Waals surface area contributed by atoms with Crippen LogP contribution in [0.2, 0.25) is 0 Å². The highest BCUT2D eigenvalue weighted by Gasteiger charge is 2.12. The van der Waals surface area contributed by atoms with Crippen LogP contribution in [0.25, 0.3) is 10.1 Å². The maximum absolute atomic E-state index is 3.50. The molecule has 2 heteroatoms. The molecule has 0 saturated carbocycles. The number of hydrogen-bond acceptors (Lipinski definition) is 2. The third-order valence-electron chi connectivity index (χ3n) is 4.23. The minimum absolute atomic E-state index is 0.526. The monoisotopic (exact) mass is 303 g/mol. The summed E-state index contributed by atoms with van der Waals surface area (Å²) >= 11 is 1.94. The molecule has 1 N–H and O–H groups in total. The van der Waals surface area contributed by atoms with Crippen LogP contribution >= 0.6 is 11.3 Å². The van der Waals surface area contributed by atoms with Crippen LogP contribution in [0.1, 0.15) is 69.2 Å². The quantitative estimate of drug-likeness (QED) is 0.508. The number of rotatable bonds is 10. The van der Waals surface area contributed by atoms with E-state index >= 15 is 0 Å². The minimum Gasteiger partial charge on any atom is -0.312 e. The number of thiophene rings is 1. The Morgan fingerprint density at radius 3 is 2.43 bits per heavy atom. The molecule has 0 aliphatic heterocycles. The highest BCUT2D eigenvalue weighted by molar-refractivity contribution is 7.19. The summed E-state index contributed by atoms with van der Waals surface area (Å²) in [5.41, 5.74) is 0. The maximum Gasteiger partial charge on any atom is 0.0412 e. The van der Waals surface area contributed by atoms with Crippen molar-refractivity contribution in [2.45, 2.75) is 64.3 Å². The van der Waals surface area contributed by atoms with Gasteiger partial charge in [0.1, 0.15) is 0 Å². The van der Waals surface area contributed by atoms with Gasteiger partial charge in [0.05, 0.1) is 0 Å². The van der Waals surface area contributed by atoms with Crippen LogP contribution in [0.3, 0.4) is 0 Å². The van der Waals surface area contributed by atoms with Gasteiger partial charge < -0.3 is 5.32 Å². The van der Waals surface area contributed by atoms with E-state index in [0.717, 1.165) is 0 Å². The number of unbranched alkanes of at least 4 members (excludes halogenated alkanes) is 6. The normalized spacial score (nSPS) is 12.9. The first-order valence-electron chi connectivity index (χ1n) is 8.51. The number of hydrogen-bond donors (Lipinski definition) is 1. The Labute approximate surface area is 133 Å². The Morgan fingerprint density at radius 1 is 1.00 bits per heavy atom. The number of benzene rings is 1. The Kier molecular flexibility index (Phi) is 7.25. The van der Waals surface area contributed by atoms with E-state index in [1.165, 1.54) is 66.3 Å². The first kappa shape index (κ1) is 16.5. The van der Waals surface area contributed by atoms with Gasteiger partial charge in [-0.3, -0.25) is 0 Å². The van der Waals surface area contributed by atoms with Crippen molar-refractivity contribution < 1.29 is 0 Å². The fraction of sp³-hybridized carbons (Fsp3) is 0.579. The molecule has 1 heterocycles. The Bertz CT molecular complexity index is 484. The summed E-state index contributed by atoms with van der Waals surface area (Å²) in [6.07, 6.45) is 11.0. The van der Waals surface area contributed by atoms with Gasteiger partial charge in [0, 0.05) is 15.6 Å². The van der Waals surface area contributed by atoms with Crippen molar-refractivity contribution in [1.29, 1.82) is 0 Å². The van der Waals surface area contributed by atoms with E-state index in [0.29, 0.717) is 6.04 Å². The van der Waals surface area contributed by atoms with Gasteiger partial charge in [0.25, 0.3) is 0 Å². The van der Waals surface area contributed by atoms with Gasteiger partial charge in [-0.1, -0.05) is 70.1 Å². The van der Waals surface area contributed by atoms with Gasteiger partial charge in [0.2, 0.25) is 0 Å². The highest BCUT2D eigenvalue weighted by Crippen LogP contribution is 2.32. The summed E-state index contributed by atoms with van der Waals surface area (Å²) in [4.78, 5) is 1.49. The second-order valence-electron chi connectivity index (χ2n) is 5.94. The maximum atomic E-state index is 3.50. The van der Waals surface area contributed by atoms with E-state index < -0.39 is 0 Å². The Morgan fingerprint density at radius 2 is 1.71 bits per heavy atom. The molecular formula is C19H29NS. The van der Waals surface area contributed by atoms with Crippen LogP contribution in [0.15, 0.2) is 30.3 Å². The first-order chi connectivity index (χ1) is 10.3. The molecule has 0 amide bonds. The molecule has 1 nitrogen and oxygen atoms in total. The molecule has 0 radical (unpaired) electrons. The fourth-order valence-corrected chi connectivity index (χ4v) is 4.12. The lowest BCUT2D eigenvalue weighted by atomic mass is 10.0. The predicted octanol–water partition coefficient (Wildman–Crippen LogP) is 6.30. The third-order valence-corrected chi connectivity index (χ3v) is 5.46. The van der Waals surface area contributed by atoms with E-state index in [1.54, 1.807) is 0 Å². The lowest BCUT2D eigenvalue weighted by Gasteiger charge is -2.14. The smallest absolute Gasteiger partial charge is 0.0412 e. The van der Waals surface area contributed by atoms with Crippen LogP contribution in [-0.2, 0) is 0 Å². The zero-order chi connectivity index (χ0) is 14.9. The van der Waals surface area contributed by atoms with Gasteiger partial charge in [-0.2, -0.15) is 0 Å². The molecule has 0 bridgehead atoms. The highest BCUT2D eigenvalue weighted by atomic mass is 32.1. The Hall–Kier alpha value is -0.860. The van der Waals surface area contributed by atoms with Gasteiger partial charge >= 0.3 is 0 Å². The minimum atomic E-state index is 0.526. The SMILES string of the molecule is CCCCCCCCCC(NC)c1cc2ccccc2s1. The predicted molar refractivity (Wildman–Crippen MR) is 96.2 cm³/mol. The number of nitrogens with one attached hydrogen (secondary N) is 1. The molecule has 2 aromatic rings. The van der Waals surface area contributed by atoms with Crippen LogP contribution in [0.5, 0.6) is 0 Å². The van der Waals surface area contributed by atoms with Gasteiger partial charge in [0.15, 0.2) is 0 Å². The van der Waals surface area contributed by atoms with Crippen molar-refractivity contribution >= 4 is 21.4 Å². The van der Waals surface area contributed by atoms with Crippen molar-refractivity contribution in [3.63, 3.8) is 0 Å². The molecule has 1 aromatic heterocycles. The Balaban J connectivity index is 1.77. The van der Waals surface area contributed by atoms with Gasteiger partial charge in [-0.05, 0) is 31.0 Å². The fourth-order valence-electron chi connectivity index (χ4n) is 2.91. The summed E-state index contributed by atoms with van der Waals surface area (Å²) in [7, 11) is 2.09. The molecule has 1 aromatic carbocycles. The lowest BCUT2D eigenvalue weighted by Crippen LogP contribution is -2.14. The van der Waals surface area contributed by atoms with E-state index in [2.05, 4.69) is 49.6 Å². The lowest BCUT2D eigenvalue weighted by molar-refractivity contribution is 0.501. The molecular weight excluding hydrogens is 274 g/mol. The summed E-state index contributed by atoms with van der Waals surface area (Å²) in [5.74, 6) is 0. The van der Waals surface area contributed by atoms with Crippen molar-refractivity contribution in [1.82, 2.24) is 5.32 Å². The zero-order valence-corrected chi connectivity index (χ0v) is 14.3. The van der Waals surface area contributed by atoms with Crippen molar-refractivity contribution in [2.75, 3.05) is 7.05 Å². The molecule has 1 unspecified atom stereocenters. The van der Waals surface area contributed by atoms with Crippen LogP contribution in [0, 0.1) is 0 Å². The van der Waals surface area contributed by atoms with Crippen LogP contribution in [0.4, 0.5) is 0 Å². The average Bonchev–Trinajstić information content (AvgIpc) is 2.94. The van der Waals surface area contributed by atoms with Crippen LogP contribution in [-0.4, -0.2) is 7.05 Å². The molecule has 0 spiro atoms. The first-order valence-corrected chi connectivity index (χ1v) is 9.32. The molecule has 0 aliphatic carbocycles. The summed E-state index contributed by atoms with van der Waals surface area (Å²) in [6, 6.07) is 11.6. The molecule has 0 fully saturated rings. The van der Waals surface area contributed by atoms with E-state index in [4.69, 9.17) is 0 Å². The molecule has 0 saturated heterocycles. The van der Waals surface area contributed by atoms with E-state index in [1.807, 2.05) is 11.3 Å². The summed E-state index contributed by atoms with van der Waals surface area (Å²) < 4.78 is 1.41. The zero-order valence-electron chi connectivity index (χ0n) is 13.5. The summed E-state index contributed by atoms with van der Waals surface area (Å²) in [5, 5.41) is 4.89. The summed E-state index contributed by atoms with van der Waals surface area (Å²) in [6.45, 7) is 2.28. The van der Waals surface area contributed by atoms with Crippen molar-refractivity contribution in [2.24, 2.45) is 0 Å². The van der Waals surface area contributed by atoms with Crippen LogP contribution < -0.4 is 5.32 Å². The second-order valence-corrected chi connectivity index (χ2v) is 7.05. The largest absolute Gasteiger partial charge is 0.312 e. The second kappa shape index (κ2) is 9.22. The molecule has 1 atom stereocenters. The topological polar surface area (TPSA) is 12.0 Å². The number of fused-ring (bicyclic) bond motifs is 1. The van der Waals surface area contributed by atoms with Gasteiger partial charge in [-0.25, -0.2) is 0 Å². The van der Waals surface area contributed by atoms with Gasteiger partial charge in [-0.15, -0.1) is 11.3 Å². The molecule has 21 heavy (non-hydrogen) atoms. The van der Waals surface area contributed by atoms with Crippen molar-refractivity contribution in [3.05, 3.63) is 35.2 Å². The van der Waals surface area contributed by atoms with E-state index in [-0.39, 0.29) is 0 Å². The molecule has 2 rings (SSSR count). The average molecular weight is 304 g/mol. The standard InChI is InChI=1S/C19H29NS/c1-3-4-5-6-7-8-9-13-17(20-2)19-15-16-12-10-11-14-18(16)21-19/h10-12,14-15,17,20H,3-9,13H2,1-2H3. The van der Waals surface area contributed by atoms with Crippen molar-refractivity contribution in [3.8, 4) is 0 Å².